The second-order valence-corrected chi connectivity index (χ2v) is 7.68. The van der Waals surface area contributed by atoms with Crippen LogP contribution in [0.3, 0.4) is 0 Å². The van der Waals surface area contributed by atoms with Gasteiger partial charge in [0.15, 0.2) is 0 Å². The first-order valence-corrected chi connectivity index (χ1v) is 10.6. The maximum atomic E-state index is 13.1. The average molecular weight is 429 g/mol. The maximum absolute atomic E-state index is 13.1. The number of pyridine rings is 2. The molecule has 1 N–H and O–H groups in total. The van der Waals surface area contributed by atoms with E-state index in [1.807, 2.05) is 42.5 Å². The van der Waals surface area contributed by atoms with Crippen LogP contribution in [0.5, 0.6) is 0 Å². The molecule has 1 aliphatic heterocycles. The van der Waals surface area contributed by atoms with Crippen molar-refractivity contribution in [2.45, 2.75) is 13.5 Å². The van der Waals surface area contributed by atoms with Gasteiger partial charge in [-0.2, -0.15) is 0 Å². The molecule has 5 rings (SSSR count). The molecule has 1 amide bonds. The fraction of sp³-hybridized carbons (Fsp3) is 0.250. The highest BCUT2D eigenvalue weighted by Crippen LogP contribution is 2.27. The lowest BCUT2D eigenvalue weighted by Gasteiger charge is -2.27. The van der Waals surface area contributed by atoms with Gasteiger partial charge in [0.1, 0.15) is 5.82 Å². The lowest BCUT2D eigenvalue weighted by molar-refractivity contribution is 0.0952. The Balaban J connectivity index is 1.36. The predicted octanol–water partition coefficient (Wildman–Crippen LogP) is 3.36. The van der Waals surface area contributed by atoms with Crippen LogP contribution in [-0.2, 0) is 11.3 Å². The zero-order chi connectivity index (χ0) is 21.9. The van der Waals surface area contributed by atoms with Crippen molar-refractivity contribution < 1.29 is 14.1 Å². The van der Waals surface area contributed by atoms with Gasteiger partial charge in [0.05, 0.1) is 35.6 Å². The third-order valence-electron chi connectivity index (χ3n) is 5.53. The molecular weight excluding hydrogens is 406 g/mol. The Labute approximate surface area is 185 Å². The van der Waals surface area contributed by atoms with E-state index in [1.165, 1.54) is 0 Å². The van der Waals surface area contributed by atoms with Gasteiger partial charge in [-0.3, -0.25) is 4.79 Å². The van der Waals surface area contributed by atoms with Gasteiger partial charge in [0.25, 0.3) is 11.6 Å². The van der Waals surface area contributed by atoms with Gasteiger partial charge in [0.2, 0.25) is 0 Å². The Morgan fingerprint density at radius 2 is 1.94 bits per heavy atom. The predicted molar refractivity (Wildman–Crippen MR) is 120 cm³/mol. The number of nitrogens with zero attached hydrogens (tertiary/aromatic N) is 4. The molecule has 1 aromatic carbocycles. The second kappa shape index (κ2) is 8.76. The first-order valence-electron chi connectivity index (χ1n) is 10.6. The summed E-state index contributed by atoms with van der Waals surface area (Å²) >= 11 is 0. The summed E-state index contributed by atoms with van der Waals surface area (Å²) < 4.78 is 10.8. The molecule has 4 heterocycles. The van der Waals surface area contributed by atoms with E-state index in [1.54, 1.807) is 19.2 Å². The normalized spacial score (nSPS) is 14.0. The van der Waals surface area contributed by atoms with Crippen LogP contribution in [0.15, 0.2) is 59.3 Å². The number of fused-ring (bicyclic) bond motifs is 1. The van der Waals surface area contributed by atoms with Crippen molar-refractivity contribution in [2.75, 3.05) is 31.2 Å². The Hall–Kier alpha value is -3.78. The molecule has 4 aromatic rings. The molecule has 0 saturated carbocycles. The van der Waals surface area contributed by atoms with E-state index in [0.717, 1.165) is 30.0 Å². The first kappa shape index (κ1) is 20.1. The van der Waals surface area contributed by atoms with Crippen molar-refractivity contribution in [3.63, 3.8) is 0 Å². The fourth-order valence-corrected chi connectivity index (χ4v) is 3.81. The summed E-state index contributed by atoms with van der Waals surface area (Å²) in [6.07, 6.45) is 1.80. The lowest BCUT2D eigenvalue weighted by Crippen LogP contribution is -2.36. The topological polar surface area (TPSA) is 93.4 Å². The number of rotatable bonds is 5. The van der Waals surface area contributed by atoms with Crippen molar-refractivity contribution >= 4 is 22.8 Å². The van der Waals surface area contributed by atoms with Crippen LogP contribution < -0.4 is 10.2 Å². The van der Waals surface area contributed by atoms with E-state index in [9.17, 15) is 4.79 Å². The van der Waals surface area contributed by atoms with Crippen molar-refractivity contribution in [1.82, 2.24) is 20.4 Å². The summed E-state index contributed by atoms with van der Waals surface area (Å²) in [4.78, 5) is 24.4. The quantitative estimate of drug-likeness (QED) is 0.520. The van der Waals surface area contributed by atoms with Crippen molar-refractivity contribution in [1.29, 1.82) is 0 Å². The molecule has 0 radical (unpaired) electrons. The highest BCUT2D eigenvalue weighted by molar-refractivity contribution is 6.06. The number of carbonyl (C=O) groups excluding carboxylic acids is 1. The zero-order valence-corrected chi connectivity index (χ0v) is 17.7. The van der Waals surface area contributed by atoms with Crippen molar-refractivity contribution in [3.05, 3.63) is 71.5 Å². The number of anilines is 1. The number of aryl methyl sites for hydroxylation is 1. The third kappa shape index (κ3) is 4.04. The number of morpholine rings is 1. The molecule has 0 unspecified atom stereocenters. The van der Waals surface area contributed by atoms with Gasteiger partial charge < -0.3 is 19.5 Å². The number of amides is 1. The summed E-state index contributed by atoms with van der Waals surface area (Å²) in [6, 6.07) is 15.4. The van der Waals surface area contributed by atoms with E-state index in [4.69, 9.17) is 9.26 Å². The van der Waals surface area contributed by atoms with Gasteiger partial charge >= 0.3 is 0 Å². The molecule has 162 valence electrons. The molecule has 0 aliphatic carbocycles. The van der Waals surface area contributed by atoms with E-state index >= 15 is 0 Å². The summed E-state index contributed by atoms with van der Waals surface area (Å²) in [5.74, 6) is 0.713. The van der Waals surface area contributed by atoms with Gasteiger partial charge in [-0.05, 0) is 24.6 Å². The highest BCUT2D eigenvalue weighted by Gasteiger charge is 2.19. The number of ether oxygens (including phenoxy) is 1. The lowest BCUT2D eigenvalue weighted by atomic mass is 10.1. The number of hydrogen-bond acceptors (Lipinski definition) is 7. The van der Waals surface area contributed by atoms with Crippen LogP contribution in [0, 0.1) is 6.92 Å². The fourth-order valence-electron chi connectivity index (χ4n) is 3.81. The molecule has 0 atom stereocenters. The first-order chi connectivity index (χ1) is 15.7. The largest absolute Gasteiger partial charge is 0.378 e. The smallest absolute Gasteiger partial charge is 0.259 e. The number of carbonyl (C=O) groups is 1. The maximum Gasteiger partial charge on any atom is 0.259 e. The number of aromatic nitrogens is 3. The average Bonchev–Trinajstić information content (AvgIpc) is 3.24. The van der Waals surface area contributed by atoms with Crippen molar-refractivity contribution in [2.24, 2.45) is 0 Å². The summed E-state index contributed by atoms with van der Waals surface area (Å²) in [5, 5.41) is 7.62. The Morgan fingerprint density at radius 3 is 2.69 bits per heavy atom. The van der Waals surface area contributed by atoms with E-state index in [0.29, 0.717) is 47.8 Å². The Kier molecular flexibility index (Phi) is 5.51. The standard InChI is InChI=1S/C24H23N5O3/c1-16-22-19(13-20(27-24(22)32-28-16)18-5-3-2-4-6-18)23(30)26-15-17-7-8-21(25-14-17)29-9-11-31-12-10-29/h2-8,13-14H,9-12,15H2,1H3,(H,26,30). The van der Waals surface area contributed by atoms with E-state index < -0.39 is 0 Å². The minimum absolute atomic E-state index is 0.210. The molecule has 1 saturated heterocycles. The third-order valence-corrected chi connectivity index (χ3v) is 5.53. The van der Waals surface area contributed by atoms with Crippen LogP contribution >= 0.6 is 0 Å². The molecule has 8 heteroatoms. The number of hydrogen-bond donors (Lipinski definition) is 1. The van der Waals surface area contributed by atoms with Crippen LogP contribution in [-0.4, -0.2) is 47.3 Å². The monoisotopic (exact) mass is 429 g/mol. The molecule has 0 bridgehead atoms. The Bertz CT molecular complexity index is 1230. The van der Waals surface area contributed by atoms with Crippen LogP contribution in [0.25, 0.3) is 22.4 Å². The molecule has 0 spiro atoms. The van der Waals surface area contributed by atoms with Gasteiger partial charge in [-0.15, -0.1) is 0 Å². The molecule has 3 aromatic heterocycles. The minimum Gasteiger partial charge on any atom is -0.378 e. The second-order valence-electron chi connectivity index (χ2n) is 7.68. The van der Waals surface area contributed by atoms with Crippen LogP contribution in [0.2, 0.25) is 0 Å². The van der Waals surface area contributed by atoms with Gasteiger partial charge in [-0.25, -0.2) is 9.97 Å². The molecule has 1 fully saturated rings. The molecule has 8 nitrogen and oxygen atoms in total. The summed E-state index contributed by atoms with van der Waals surface area (Å²) in [6.45, 7) is 5.27. The summed E-state index contributed by atoms with van der Waals surface area (Å²) in [7, 11) is 0. The summed E-state index contributed by atoms with van der Waals surface area (Å²) in [5.41, 5.74) is 3.96. The van der Waals surface area contributed by atoms with Gasteiger partial charge in [-0.1, -0.05) is 41.6 Å². The van der Waals surface area contributed by atoms with Crippen molar-refractivity contribution in [3.8, 4) is 11.3 Å². The van der Waals surface area contributed by atoms with Crippen LogP contribution in [0.4, 0.5) is 5.82 Å². The SMILES string of the molecule is Cc1noc2nc(-c3ccccc3)cc(C(=O)NCc3ccc(N4CCOCC4)nc3)c12. The van der Waals surface area contributed by atoms with Crippen LogP contribution in [0.1, 0.15) is 21.6 Å². The molecule has 1 aliphatic rings. The Morgan fingerprint density at radius 1 is 1.12 bits per heavy atom. The number of nitrogens with one attached hydrogen (secondary N) is 1. The number of benzene rings is 1. The zero-order valence-electron chi connectivity index (χ0n) is 17.7. The highest BCUT2D eigenvalue weighted by atomic mass is 16.5. The van der Waals surface area contributed by atoms with E-state index in [-0.39, 0.29) is 5.91 Å². The van der Waals surface area contributed by atoms with E-state index in [2.05, 4.69) is 25.3 Å². The molecule has 32 heavy (non-hydrogen) atoms. The molecular formula is C24H23N5O3. The minimum atomic E-state index is -0.210. The van der Waals surface area contributed by atoms with Gasteiger partial charge in [0, 0.05) is 31.4 Å².